The molecule has 8 atom stereocenters. The first-order valence-corrected chi connectivity index (χ1v) is 9.85. The molecule has 0 spiro atoms. The van der Waals surface area contributed by atoms with E-state index in [-0.39, 0.29) is 34.4 Å². The Bertz CT molecular complexity index is 711. The number of rotatable bonds is 1. The van der Waals surface area contributed by atoms with Crippen molar-refractivity contribution in [3.05, 3.63) is 11.6 Å². The van der Waals surface area contributed by atoms with E-state index in [0.29, 0.717) is 24.7 Å². The first-order chi connectivity index (χ1) is 11.7. The number of Topliss-reactive ketones (excluding diaryl/α,β-unsaturated/α-hetero) is 1. The molecular weight excluding hydrogens is 316 g/mol. The maximum absolute atomic E-state index is 12.4. The fourth-order valence-electron chi connectivity index (χ4n) is 7.75. The van der Waals surface area contributed by atoms with Crippen LogP contribution in [0.1, 0.15) is 59.3 Å². The predicted octanol–water partition coefficient (Wildman–Crippen LogP) is 2.83. The number of ether oxygens (including phenoxy) is 1. The van der Waals surface area contributed by atoms with Crippen molar-refractivity contribution in [3.63, 3.8) is 0 Å². The molecule has 0 bridgehead atoms. The molecule has 1 aliphatic heterocycles. The molecule has 1 heterocycles. The number of aliphatic hydroxyl groups excluding tert-OH is 1. The van der Waals surface area contributed by atoms with Crippen molar-refractivity contribution in [1.82, 2.24) is 0 Å². The van der Waals surface area contributed by atoms with Crippen LogP contribution in [-0.4, -0.2) is 34.5 Å². The quantitative estimate of drug-likeness (QED) is 0.743. The Balaban J connectivity index is 1.56. The molecule has 0 aromatic rings. The first-order valence-electron chi connectivity index (χ1n) is 9.85. The van der Waals surface area contributed by atoms with Gasteiger partial charge >= 0.3 is 0 Å². The Labute approximate surface area is 149 Å². The summed E-state index contributed by atoms with van der Waals surface area (Å²) in [4.78, 5) is 24.3. The molecule has 5 rings (SSSR count). The molecule has 0 aromatic heterocycles. The van der Waals surface area contributed by atoms with E-state index < -0.39 is 11.7 Å². The highest BCUT2D eigenvalue weighted by Crippen LogP contribution is 2.73. The van der Waals surface area contributed by atoms with Gasteiger partial charge in [0.15, 0.2) is 17.2 Å². The van der Waals surface area contributed by atoms with E-state index in [0.717, 1.165) is 25.7 Å². The first kappa shape index (κ1) is 16.2. The van der Waals surface area contributed by atoms with Crippen LogP contribution in [0.5, 0.6) is 0 Å². The Morgan fingerprint density at radius 3 is 2.80 bits per heavy atom. The lowest BCUT2D eigenvalue weighted by Crippen LogP contribution is -2.59. The smallest absolute Gasteiger partial charge is 0.164 e. The van der Waals surface area contributed by atoms with E-state index in [1.54, 1.807) is 6.92 Å². The molecule has 0 radical (unpaired) electrons. The average Bonchev–Trinajstić information content (AvgIpc) is 3.22. The van der Waals surface area contributed by atoms with Gasteiger partial charge in [0.2, 0.25) is 0 Å². The fourth-order valence-corrected chi connectivity index (χ4v) is 7.75. The highest BCUT2D eigenvalue weighted by molar-refractivity contribution is 5.92. The van der Waals surface area contributed by atoms with Gasteiger partial charge in [-0.1, -0.05) is 19.4 Å². The van der Waals surface area contributed by atoms with Crippen LogP contribution in [-0.2, 0) is 14.3 Å². The molecule has 25 heavy (non-hydrogen) atoms. The molecule has 4 heteroatoms. The molecule has 0 aromatic carbocycles. The van der Waals surface area contributed by atoms with Crippen LogP contribution in [0.25, 0.3) is 0 Å². The number of hydrogen-bond donors (Lipinski definition) is 1. The number of hydrogen-bond acceptors (Lipinski definition) is 4. The summed E-state index contributed by atoms with van der Waals surface area (Å²) in [5.41, 5.74) is 0.317. The average molecular weight is 344 g/mol. The number of epoxide rings is 1. The van der Waals surface area contributed by atoms with Crippen LogP contribution in [0.4, 0.5) is 0 Å². The van der Waals surface area contributed by atoms with Crippen molar-refractivity contribution in [2.24, 2.45) is 28.6 Å². The number of carbonyl (C=O) groups excluding carboxylic acids is 2. The van der Waals surface area contributed by atoms with Crippen molar-refractivity contribution in [2.45, 2.75) is 77.1 Å². The second kappa shape index (κ2) is 4.64. The molecule has 3 saturated carbocycles. The van der Waals surface area contributed by atoms with Crippen LogP contribution in [0.2, 0.25) is 0 Å². The third-order valence-electron chi connectivity index (χ3n) is 8.85. The van der Waals surface area contributed by atoms with E-state index in [2.05, 4.69) is 13.8 Å². The van der Waals surface area contributed by atoms with Gasteiger partial charge < -0.3 is 9.84 Å². The number of allylic oxidation sites excluding steroid dienone is 1. The Hall–Kier alpha value is -1.00. The topological polar surface area (TPSA) is 66.9 Å². The van der Waals surface area contributed by atoms with E-state index in [1.165, 1.54) is 5.57 Å². The van der Waals surface area contributed by atoms with Crippen LogP contribution in [0, 0.1) is 28.6 Å². The van der Waals surface area contributed by atoms with Crippen molar-refractivity contribution in [1.29, 1.82) is 0 Å². The molecular formula is C21H28O4. The maximum atomic E-state index is 12.4. The number of ketones is 2. The van der Waals surface area contributed by atoms with Crippen LogP contribution in [0.3, 0.4) is 0 Å². The molecule has 4 aliphatic carbocycles. The van der Waals surface area contributed by atoms with E-state index in [1.807, 2.05) is 6.08 Å². The second-order valence-corrected chi connectivity index (χ2v) is 9.71. The predicted molar refractivity (Wildman–Crippen MR) is 91.8 cm³/mol. The summed E-state index contributed by atoms with van der Waals surface area (Å²) in [6.45, 7) is 6.10. The van der Waals surface area contributed by atoms with Gasteiger partial charge in [0, 0.05) is 11.8 Å². The summed E-state index contributed by atoms with van der Waals surface area (Å²) in [7, 11) is 0. The van der Waals surface area contributed by atoms with E-state index in [9.17, 15) is 14.7 Å². The summed E-state index contributed by atoms with van der Waals surface area (Å²) in [5, 5.41) is 11.2. The molecule has 0 amide bonds. The molecule has 1 N–H and O–H groups in total. The van der Waals surface area contributed by atoms with Crippen molar-refractivity contribution in [3.8, 4) is 0 Å². The number of fused-ring (bicyclic) bond motifs is 7. The van der Waals surface area contributed by atoms with Gasteiger partial charge in [-0.3, -0.25) is 9.59 Å². The zero-order valence-electron chi connectivity index (χ0n) is 15.4. The third-order valence-corrected chi connectivity index (χ3v) is 8.85. The Morgan fingerprint density at radius 2 is 2.08 bits per heavy atom. The van der Waals surface area contributed by atoms with Gasteiger partial charge in [-0.05, 0) is 68.3 Å². The largest absolute Gasteiger partial charge is 0.393 e. The lowest BCUT2D eigenvalue weighted by Gasteiger charge is -2.60. The standard InChI is InChI=1S/C21H28O4/c1-11(22)21-17(25-21)9-15-14-5-4-12-8-13(23)6-7-19(12,2)18(14)16(24)10-20(15,21)3/h8,14-18,24H,4-7,9-10H2,1-3H3/t14-,15-,16-,17+,18-,19-,20-,21+/m0/s1. The monoisotopic (exact) mass is 344 g/mol. The van der Waals surface area contributed by atoms with Gasteiger partial charge in [-0.25, -0.2) is 0 Å². The normalized spacial score (nSPS) is 56.2. The lowest BCUT2D eigenvalue weighted by atomic mass is 9.45. The molecule has 136 valence electrons. The minimum Gasteiger partial charge on any atom is -0.393 e. The SMILES string of the molecule is CC(=O)[C@@]12O[C@@H]1C[C@H]1[C@@H]3CCC4=CC(=O)CC[C@]4(C)[C@@H]3[C@@H](O)C[C@@]12C. The van der Waals surface area contributed by atoms with Gasteiger partial charge in [0.1, 0.15) is 0 Å². The van der Waals surface area contributed by atoms with Gasteiger partial charge in [0.25, 0.3) is 0 Å². The van der Waals surface area contributed by atoms with Crippen LogP contribution >= 0.6 is 0 Å². The second-order valence-electron chi connectivity index (χ2n) is 9.71. The summed E-state index contributed by atoms with van der Waals surface area (Å²) in [5.74, 6) is 1.46. The van der Waals surface area contributed by atoms with E-state index >= 15 is 0 Å². The molecule has 5 aliphatic rings. The van der Waals surface area contributed by atoms with Gasteiger partial charge in [0.05, 0.1) is 12.2 Å². The van der Waals surface area contributed by atoms with Crippen LogP contribution in [0.15, 0.2) is 11.6 Å². The van der Waals surface area contributed by atoms with E-state index in [4.69, 9.17) is 4.74 Å². The van der Waals surface area contributed by atoms with Gasteiger partial charge in [-0.2, -0.15) is 0 Å². The Morgan fingerprint density at radius 1 is 1.32 bits per heavy atom. The van der Waals surface area contributed by atoms with Crippen molar-refractivity contribution < 1.29 is 19.4 Å². The number of aliphatic hydroxyl groups is 1. The van der Waals surface area contributed by atoms with Crippen molar-refractivity contribution in [2.75, 3.05) is 0 Å². The summed E-state index contributed by atoms with van der Waals surface area (Å²) in [6.07, 6.45) is 6.54. The number of carbonyl (C=O) groups is 2. The zero-order valence-corrected chi connectivity index (χ0v) is 15.4. The van der Waals surface area contributed by atoms with Crippen LogP contribution < -0.4 is 0 Å². The fraction of sp³-hybridized carbons (Fsp3) is 0.810. The third kappa shape index (κ3) is 1.71. The summed E-state index contributed by atoms with van der Waals surface area (Å²) >= 11 is 0. The molecule has 0 unspecified atom stereocenters. The molecule has 4 nitrogen and oxygen atoms in total. The van der Waals surface area contributed by atoms with Crippen molar-refractivity contribution >= 4 is 11.6 Å². The molecule has 4 fully saturated rings. The lowest BCUT2D eigenvalue weighted by molar-refractivity contribution is -0.158. The summed E-state index contributed by atoms with van der Waals surface area (Å²) < 4.78 is 5.93. The maximum Gasteiger partial charge on any atom is 0.164 e. The highest BCUT2D eigenvalue weighted by Gasteiger charge is 2.80. The molecule has 1 saturated heterocycles. The Kier molecular flexibility index (Phi) is 3.00. The van der Waals surface area contributed by atoms with Gasteiger partial charge in [-0.15, -0.1) is 0 Å². The minimum absolute atomic E-state index is 0.0589. The highest BCUT2D eigenvalue weighted by atomic mass is 16.6. The zero-order chi connectivity index (χ0) is 17.8. The summed E-state index contributed by atoms with van der Waals surface area (Å²) in [6, 6.07) is 0. The minimum atomic E-state index is -0.636.